The lowest BCUT2D eigenvalue weighted by molar-refractivity contribution is -0.145. The van der Waals surface area contributed by atoms with Gasteiger partial charge in [0.1, 0.15) is 11.5 Å². The van der Waals surface area contributed by atoms with Crippen LogP contribution in [-0.4, -0.2) is 42.9 Å². The van der Waals surface area contributed by atoms with Gasteiger partial charge >= 0.3 is 5.97 Å². The van der Waals surface area contributed by atoms with Crippen LogP contribution in [0.15, 0.2) is 53.6 Å². The molecule has 152 valence electrons. The van der Waals surface area contributed by atoms with Gasteiger partial charge in [-0.05, 0) is 42.8 Å². The Balaban J connectivity index is 1.84. The first-order chi connectivity index (χ1) is 14.0. The second-order valence-electron chi connectivity index (χ2n) is 6.49. The van der Waals surface area contributed by atoms with Crippen LogP contribution < -0.4 is 9.47 Å². The summed E-state index contributed by atoms with van der Waals surface area (Å²) in [5.74, 6) is 0.680. The van der Waals surface area contributed by atoms with Crippen LogP contribution >= 0.6 is 0 Å². The minimum Gasteiger partial charge on any atom is -0.497 e. The van der Waals surface area contributed by atoms with Crippen molar-refractivity contribution in [3.8, 4) is 11.5 Å². The summed E-state index contributed by atoms with van der Waals surface area (Å²) in [5, 5.41) is 6.01. The molecule has 2 aromatic rings. The Bertz CT molecular complexity index is 908. The number of esters is 1. The molecular formula is C22H24N2O5. The van der Waals surface area contributed by atoms with E-state index in [1.54, 1.807) is 20.1 Å². The van der Waals surface area contributed by atoms with Crippen LogP contribution in [0, 0.1) is 0 Å². The van der Waals surface area contributed by atoms with Crippen molar-refractivity contribution in [2.45, 2.75) is 26.3 Å². The average Bonchev–Trinajstić information content (AvgIpc) is 3.18. The maximum absolute atomic E-state index is 12.3. The monoisotopic (exact) mass is 396 g/mol. The van der Waals surface area contributed by atoms with Crippen LogP contribution in [-0.2, 0) is 14.3 Å². The van der Waals surface area contributed by atoms with Crippen LogP contribution in [0.3, 0.4) is 0 Å². The third kappa shape index (κ3) is 4.74. The molecule has 7 heteroatoms. The van der Waals surface area contributed by atoms with Gasteiger partial charge in [0.05, 0.1) is 25.5 Å². The Morgan fingerprint density at radius 3 is 2.52 bits per heavy atom. The highest BCUT2D eigenvalue weighted by Gasteiger charge is 2.33. The molecular weight excluding hydrogens is 372 g/mol. The van der Waals surface area contributed by atoms with Crippen molar-refractivity contribution < 1.29 is 23.8 Å². The number of ether oxygens (including phenoxy) is 3. The molecule has 0 saturated heterocycles. The lowest BCUT2D eigenvalue weighted by Crippen LogP contribution is -2.25. The van der Waals surface area contributed by atoms with Gasteiger partial charge in [-0.3, -0.25) is 4.79 Å². The number of benzene rings is 2. The predicted octanol–water partition coefficient (Wildman–Crippen LogP) is 3.33. The van der Waals surface area contributed by atoms with E-state index < -0.39 is 5.97 Å². The van der Waals surface area contributed by atoms with Gasteiger partial charge in [0.2, 0.25) is 5.91 Å². The topological polar surface area (TPSA) is 77.4 Å². The van der Waals surface area contributed by atoms with E-state index in [2.05, 4.69) is 5.10 Å². The standard InChI is InChI=1S/C22H24N2O5/c1-4-28-22(26)14-29-21-8-6-5-7-18(21)20-13-19(23-24(20)15(2)25)16-9-11-17(27-3)12-10-16/h5-12,20H,4,13-14H2,1-3H3/t20-/m0/s1. The van der Waals surface area contributed by atoms with E-state index in [1.807, 2.05) is 42.5 Å². The molecule has 0 fully saturated rings. The Morgan fingerprint density at radius 2 is 1.86 bits per heavy atom. The van der Waals surface area contributed by atoms with Gasteiger partial charge in [-0.1, -0.05) is 18.2 Å². The van der Waals surface area contributed by atoms with Crippen molar-refractivity contribution in [2.24, 2.45) is 5.10 Å². The van der Waals surface area contributed by atoms with E-state index in [0.717, 1.165) is 22.6 Å². The molecule has 0 aromatic heterocycles. The average molecular weight is 396 g/mol. The van der Waals surface area contributed by atoms with E-state index in [9.17, 15) is 9.59 Å². The van der Waals surface area contributed by atoms with Gasteiger partial charge in [-0.15, -0.1) is 0 Å². The number of carbonyl (C=O) groups excluding carboxylic acids is 2. The van der Waals surface area contributed by atoms with Crippen molar-refractivity contribution in [1.82, 2.24) is 5.01 Å². The first kappa shape index (κ1) is 20.4. The second kappa shape index (κ2) is 9.23. The van der Waals surface area contributed by atoms with Crippen LogP contribution in [0.5, 0.6) is 11.5 Å². The third-order valence-electron chi connectivity index (χ3n) is 4.59. The Labute approximate surface area is 169 Å². The minimum absolute atomic E-state index is 0.168. The lowest BCUT2D eigenvalue weighted by atomic mass is 9.97. The molecule has 1 aliphatic rings. The zero-order valence-electron chi connectivity index (χ0n) is 16.8. The summed E-state index contributed by atoms with van der Waals surface area (Å²) < 4.78 is 15.8. The number of methoxy groups -OCH3 is 1. The second-order valence-corrected chi connectivity index (χ2v) is 6.49. The Hall–Kier alpha value is -3.35. The van der Waals surface area contributed by atoms with E-state index in [1.165, 1.54) is 11.9 Å². The Morgan fingerprint density at radius 1 is 1.14 bits per heavy atom. The molecule has 0 bridgehead atoms. The number of amides is 1. The quantitative estimate of drug-likeness (QED) is 0.671. The Kier molecular flexibility index (Phi) is 6.49. The smallest absolute Gasteiger partial charge is 0.344 e. The number of hydrogen-bond acceptors (Lipinski definition) is 6. The number of hydrogen-bond donors (Lipinski definition) is 0. The molecule has 2 aromatic carbocycles. The molecule has 1 aliphatic heterocycles. The van der Waals surface area contributed by atoms with E-state index in [4.69, 9.17) is 14.2 Å². The molecule has 7 nitrogen and oxygen atoms in total. The molecule has 3 rings (SSSR count). The molecule has 29 heavy (non-hydrogen) atoms. The van der Waals surface area contributed by atoms with Gasteiger partial charge in [-0.2, -0.15) is 5.10 Å². The summed E-state index contributed by atoms with van der Waals surface area (Å²) in [5.41, 5.74) is 2.51. The molecule has 0 saturated carbocycles. The van der Waals surface area contributed by atoms with Gasteiger partial charge < -0.3 is 14.2 Å². The van der Waals surface area contributed by atoms with Gasteiger partial charge in [0.25, 0.3) is 0 Å². The number of carbonyl (C=O) groups is 2. The van der Waals surface area contributed by atoms with E-state index >= 15 is 0 Å². The number of para-hydroxylation sites is 1. The zero-order chi connectivity index (χ0) is 20.8. The first-order valence-electron chi connectivity index (χ1n) is 9.42. The van der Waals surface area contributed by atoms with Crippen LogP contribution in [0.4, 0.5) is 0 Å². The molecule has 1 amide bonds. The molecule has 0 radical (unpaired) electrons. The van der Waals surface area contributed by atoms with Crippen molar-refractivity contribution in [3.05, 3.63) is 59.7 Å². The maximum Gasteiger partial charge on any atom is 0.344 e. The van der Waals surface area contributed by atoms with Crippen molar-refractivity contribution in [2.75, 3.05) is 20.3 Å². The lowest BCUT2D eigenvalue weighted by Gasteiger charge is -2.22. The predicted molar refractivity (Wildman–Crippen MR) is 108 cm³/mol. The van der Waals surface area contributed by atoms with Crippen molar-refractivity contribution >= 4 is 17.6 Å². The fourth-order valence-electron chi connectivity index (χ4n) is 3.23. The van der Waals surface area contributed by atoms with Gasteiger partial charge in [-0.25, -0.2) is 9.80 Å². The summed E-state index contributed by atoms with van der Waals surface area (Å²) in [7, 11) is 1.61. The molecule has 0 N–H and O–H groups in total. The number of nitrogens with zero attached hydrogens (tertiary/aromatic N) is 2. The summed E-state index contributed by atoms with van der Waals surface area (Å²) >= 11 is 0. The summed E-state index contributed by atoms with van der Waals surface area (Å²) in [6.07, 6.45) is 0.533. The van der Waals surface area contributed by atoms with Crippen LogP contribution in [0.25, 0.3) is 0 Å². The summed E-state index contributed by atoms with van der Waals surface area (Å²) in [6.45, 7) is 3.33. The van der Waals surface area contributed by atoms with Gasteiger partial charge in [0.15, 0.2) is 6.61 Å². The minimum atomic E-state index is -0.438. The molecule has 0 aliphatic carbocycles. The maximum atomic E-state index is 12.3. The highest BCUT2D eigenvalue weighted by molar-refractivity contribution is 6.03. The molecule has 0 spiro atoms. The van der Waals surface area contributed by atoms with Crippen molar-refractivity contribution in [3.63, 3.8) is 0 Å². The fourth-order valence-corrected chi connectivity index (χ4v) is 3.23. The van der Waals surface area contributed by atoms with E-state index in [-0.39, 0.29) is 18.6 Å². The number of hydrazone groups is 1. The SMILES string of the molecule is CCOC(=O)COc1ccccc1[C@@H]1CC(c2ccc(OC)cc2)=NN1C(C)=O. The first-order valence-corrected chi connectivity index (χ1v) is 9.42. The normalized spacial score (nSPS) is 15.6. The van der Waals surface area contributed by atoms with Crippen molar-refractivity contribution in [1.29, 1.82) is 0 Å². The fraction of sp³-hybridized carbons (Fsp3) is 0.318. The molecule has 1 heterocycles. The third-order valence-corrected chi connectivity index (χ3v) is 4.59. The zero-order valence-corrected chi connectivity index (χ0v) is 16.8. The summed E-state index contributed by atoms with van der Waals surface area (Å²) in [6, 6.07) is 14.6. The van der Waals surface area contributed by atoms with Crippen LogP contribution in [0.2, 0.25) is 0 Å². The van der Waals surface area contributed by atoms with Gasteiger partial charge in [0, 0.05) is 18.9 Å². The largest absolute Gasteiger partial charge is 0.497 e. The molecule has 0 unspecified atom stereocenters. The number of rotatable bonds is 7. The molecule has 1 atom stereocenters. The highest BCUT2D eigenvalue weighted by atomic mass is 16.6. The van der Waals surface area contributed by atoms with Crippen LogP contribution in [0.1, 0.15) is 37.4 Å². The van der Waals surface area contributed by atoms with E-state index in [0.29, 0.717) is 18.8 Å². The summed E-state index contributed by atoms with van der Waals surface area (Å²) in [4.78, 5) is 23.9. The highest BCUT2D eigenvalue weighted by Crippen LogP contribution is 2.37.